The quantitative estimate of drug-likeness (QED) is 0.520. The molecule has 0 aromatic heterocycles. The summed E-state index contributed by atoms with van der Waals surface area (Å²) >= 11 is 0. The minimum Gasteiger partial charge on any atom is -0.390 e. The van der Waals surface area contributed by atoms with Crippen molar-refractivity contribution in [1.82, 2.24) is 4.90 Å². The molecule has 0 aromatic rings. The number of allylic oxidation sites excluding steroid dienone is 1. The summed E-state index contributed by atoms with van der Waals surface area (Å²) in [4.78, 5) is 2.00. The van der Waals surface area contributed by atoms with Crippen LogP contribution in [-0.4, -0.2) is 35.2 Å². The highest BCUT2D eigenvalue weighted by atomic mass is 16.3. The summed E-state index contributed by atoms with van der Waals surface area (Å²) in [6, 6.07) is -0.100. The number of hydrogen-bond donors (Lipinski definition) is 2. The first kappa shape index (κ1) is 7.57. The van der Waals surface area contributed by atoms with Crippen LogP contribution in [0, 0.1) is 0 Å². The Morgan fingerprint density at radius 2 is 2.30 bits per heavy atom. The number of aliphatic hydroxyl groups excluding tert-OH is 1. The van der Waals surface area contributed by atoms with Crippen LogP contribution in [0.4, 0.5) is 0 Å². The highest BCUT2D eigenvalue weighted by molar-refractivity contribution is 4.98. The van der Waals surface area contributed by atoms with Crippen molar-refractivity contribution in [1.29, 1.82) is 0 Å². The SMILES string of the molecule is C=C(C)N1CC(N)C(O)C1. The molecule has 10 heavy (non-hydrogen) atoms. The largest absolute Gasteiger partial charge is 0.390 e. The number of β-amino-alcohol motifs (C(OH)–C–C–N with tert-alkyl or cyclic N) is 1. The smallest absolute Gasteiger partial charge is 0.0882 e. The molecule has 0 amide bonds. The predicted molar refractivity (Wildman–Crippen MR) is 40.4 cm³/mol. The minimum atomic E-state index is -0.378. The predicted octanol–water partition coefficient (Wildman–Crippen LogP) is -0.476. The summed E-state index contributed by atoms with van der Waals surface area (Å²) < 4.78 is 0. The van der Waals surface area contributed by atoms with Gasteiger partial charge in [0.05, 0.1) is 6.10 Å². The summed E-state index contributed by atoms with van der Waals surface area (Å²) in [6.45, 7) is 7.05. The van der Waals surface area contributed by atoms with Crippen molar-refractivity contribution in [2.75, 3.05) is 13.1 Å². The Kier molecular flexibility index (Phi) is 1.97. The number of hydrogen-bond acceptors (Lipinski definition) is 3. The molecule has 1 aliphatic rings. The maximum atomic E-state index is 9.21. The molecule has 58 valence electrons. The van der Waals surface area contributed by atoms with Crippen molar-refractivity contribution in [2.45, 2.75) is 19.1 Å². The number of rotatable bonds is 1. The first-order chi connectivity index (χ1) is 4.61. The van der Waals surface area contributed by atoms with E-state index < -0.39 is 0 Å². The molecule has 0 spiro atoms. The molecule has 2 atom stereocenters. The second-order valence-electron chi connectivity index (χ2n) is 2.87. The van der Waals surface area contributed by atoms with Gasteiger partial charge in [-0.1, -0.05) is 6.58 Å². The van der Waals surface area contributed by atoms with Crippen LogP contribution in [0.15, 0.2) is 12.3 Å². The average molecular weight is 142 g/mol. The standard InChI is InChI=1S/C7H14N2O/c1-5(2)9-3-6(8)7(10)4-9/h6-7,10H,1,3-4,8H2,2H3. The molecule has 1 saturated heterocycles. The van der Waals surface area contributed by atoms with E-state index >= 15 is 0 Å². The van der Waals surface area contributed by atoms with Crippen molar-refractivity contribution >= 4 is 0 Å². The van der Waals surface area contributed by atoms with Crippen LogP contribution in [0.3, 0.4) is 0 Å². The van der Waals surface area contributed by atoms with Gasteiger partial charge in [-0.15, -0.1) is 0 Å². The lowest BCUT2D eigenvalue weighted by atomic mass is 10.2. The van der Waals surface area contributed by atoms with E-state index in [2.05, 4.69) is 6.58 Å². The molecule has 2 unspecified atom stereocenters. The number of nitrogens with zero attached hydrogens (tertiary/aromatic N) is 1. The zero-order valence-corrected chi connectivity index (χ0v) is 6.25. The molecule has 0 bridgehead atoms. The fourth-order valence-electron chi connectivity index (χ4n) is 1.12. The van der Waals surface area contributed by atoms with Gasteiger partial charge in [0.25, 0.3) is 0 Å². The summed E-state index contributed by atoms with van der Waals surface area (Å²) in [5.41, 5.74) is 6.55. The Bertz CT molecular complexity index is 137. The molecule has 1 fully saturated rings. The van der Waals surface area contributed by atoms with E-state index in [1.807, 2.05) is 11.8 Å². The second-order valence-corrected chi connectivity index (χ2v) is 2.87. The van der Waals surface area contributed by atoms with Crippen LogP contribution in [0.5, 0.6) is 0 Å². The van der Waals surface area contributed by atoms with Gasteiger partial charge in [0.15, 0.2) is 0 Å². The van der Waals surface area contributed by atoms with Gasteiger partial charge in [0.1, 0.15) is 0 Å². The van der Waals surface area contributed by atoms with E-state index in [0.29, 0.717) is 6.54 Å². The van der Waals surface area contributed by atoms with Gasteiger partial charge in [0, 0.05) is 24.8 Å². The van der Waals surface area contributed by atoms with Crippen molar-refractivity contribution < 1.29 is 5.11 Å². The topological polar surface area (TPSA) is 49.5 Å². The molecule has 3 nitrogen and oxygen atoms in total. The number of nitrogens with two attached hydrogens (primary N) is 1. The molecule has 0 aliphatic carbocycles. The fraction of sp³-hybridized carbons (Fsp3) is 0.714. The van der Waals surface area contributed by atoms with Gasteiger partial charge in [-0.3, -0.25) is 0 Å². The van der Waals surface area contributed by atoms with Crippen LogP contribution in [0.1, 0.15) is 6.92 Å². The Balaban J connectivity index is 2.49. The highest BCUT2D eigenvalue weighted by Gasteiger charge is 2.27. The molecule has 3 heteroatoms. The van der Waals surface area contributed by atoms with Crippen LogP contribution in [0.2, 0.25) is 0 Å². The Labute approximate surface area is 61.1 Å². The normalized spacial score (nSPS) is 32.9. The zero-order chi connectivity index (χ0) is 7.72. The monoisotopic (exact) mass is 142 g/mol. The van der Waals surface area contributed by atoms with E-state index in [1.54, 1.807) is 0 Å². The third-order valence-corrected chi connectivity index (χ3v) is 1.87. The number of aliphatic hydroxyl groups is 1. The molecule has 0 aromatic carbocycles. The summed E-state index contributed by atoms with van der Waals surface area (Å²) in [5, 5.41) is 9.21. The van der Waals surface area contributed by atoms with E-state index in [9.17, 15) is 5.11 Å². The van der Waals surface area contributed by atoms with Crippen molar-refractivity contribution in [3.05, 3.63) is 12.3 Å². The summed E-state index contributed by atoms with van der Waals surface area (Å²) in [5.74, 6) is 0. The van der Waals surface area contributed by atoms with E-state index in [4.69, 9.17) is 5.73 Å². The first-order valence-corrected chi connectivity index (χ1v) is 3.45. The molecule has 1 heterocycles. The minimum absolute atomic E-state index is 0.100. The molecule has 0 saturated carbocycles. The average Bonchev–Trinajstić information content (AvgIpc) is 2.13. The van der Waals surface area contributed by atoms with E-state index in [1.165, 1.54) is 0 Å². The van der Waals surface area contributed by atoms with Crippen molar-refractivity contribution in [3.63, 3.8) is 0 Å². The van der Waals surface area contributed by atoms with Crippen LogP contribution in [0.25, 0.3) is 0 Å². The molecular weight excluding hydrogens is 128 g/mol. The van der Waals surface area contributed by atoms with Gasteiger partial charge < -0.3 is 15.7 Å². The number of likely N-dealkylation sites (tertiary alicyclic amines) is 1. The van der Waals surface area contributed by atoms with Gasteiger partial charge in [0.2, 0.25) is 0 Å². The Morgan fingerprint density at radius 1 is 1.70 bits per heavy atom. The van der Waals surface area contributed by atoms with E-state index in [0.717, 1.165) is 12.2 Å². The summed E-state index contributed by atoms with van der Waals surface area (Å²) in [6.07, 6.45) is -0.378. The summed E-state index contributed by atoms with van der Waals surface area (Å²) in [7, 11) is 0. The van der Waals surface area contributed by atoms with Crippen molar-refractivity contribution in [2.24, 2.45) is 5.73 Å². The fourth-order valence-corrected chi connectivity index (χ4v) is 1.12. The van der Waals surface area contributed by atoms with Crippen LogP contribution < -0.4 is 5.73 Å². The zero-order valence-electron chi connectivity index (χ0n) is 6.25. The molecular formula is C7H14N2O. The third kappa shape index (κ3) is 1.30. The molecule has 0 radical (unpaired) electrons. The third-order valence-electron chi connectivity index (χ3n) is 1.87. The van der Waals surface area contributed by atoms with Gasteiger partial charge in [-0.05, 0) is 6.92 Å². The Morgan fingerprint density at radius 3 is 2.50 bits per heavy atom. The second kappa shape index (κ2) is 2.60. The highest BCUT2D eigenvalue weighted by Crippen LogP contribution is 2.12. The Hall–Kier alpha value is -0.540. The van der Waals surface area contributed by atoms with Crippen molar-refractivity contribution in [3.8, 4) is 0 Å². The lowest BCUT2D eigenvalue weighted by molar-refractivity contribution is 0.170. The molecule has 1 aliphatic heterocycles. The van der Waals surface area contributed by atoms with Gasteiger partial charge >= 0.3 is 0 Å². The van der Waals surface area contributed by atoms with Crippen LogP contribution in [-0.2, 0) is 0 Å². The van der Waals surface area contributed by atoms with Crippen LogP contribution >= 0.6 is 0 Å². The van der Waals surface area contributed by atoms with Gasteiger partial charge in [-0.25, -0.2) is 0 Å². The molecule has 1 rings (SSSR count). The maximum Gasteiger partial charge on any atom is 0.0882 e. The lowest BCUT2D eigenvalue weighted by Gasteiger charge is -2.16. The maximum absolute atomic E-state index is 9.21. The van der Waals surface area contributed by atoms with E-state index in [-0.39, 0.29) is 12.1 Å². The van der Waals surface area contributed by atoms with Gasteiger partial charge in [-0.2, -0.15) is 0 Å². The molecule has 3 N–H and O–H groups in total. The first-order valence-electron chi connectivity index (χ1n) is 3.45. The lowest BCUT2D eigenvalue weighted by Crippen LogP contribution is -2.32.